The zero-order chi connectivity index (χ0) is 21.9. The number of benzene rings is 1. The number of esters is 2. The van der Waals surface area contributed by atoms with Gasteiger partial charge in [-0.1, -0.05) is 83.3 Å². The minimum Gasteiger partial charge on any atom is -0.497 e. The standard InChI is InChI=1S/C25H40O5/c1-3-4-5-6-7-8-9-10-11-12-13-19-29-24(26)17-18-25(27)30-21-22-15-14-16-23(20-22)28-2/h14-16,20H,3-13,17-19,21H2,1-2H3. The Kier molecular flexibility index (Phi) is 15.4. The Morgan fingerprint density at radius 1 is 0.767 bits per heavy atom. The molecule has 1 rings (SSSR count). The Hall–Kier alpha value is -2.04. The lowest BCUT2D eigenvalue weighted by Crippen LogP contribution is -2.11. The summed E-state index contributed by atoms with van der Waals surface area (Å²) in [5.74, 6) is -0.0144. The van der Waals surface area contributed by atoms with Crippen molar-refractivity contribution in [2.75, 3.05) is 13.7 Å². The maximum absolute atomic E-state index is 11.8. The molecule has 0 bridgehead atoms. The predicted octanol–water partition coefficient (Wildman–Crippen LogP) is 6.37. The quantitative estimate of drug-likeness (QED) is 0.204. The SMILES string of the molecule is CCCCCCCCCCCCCOC(=O)CCC(=O)OCc1cccc(OC)c1. The smallest absolute Gasteiger partial charge is 0.306 e. The van der Waals surface area contributed by atoms with Crippen molar-refractivity contribution in [3.05, 3.63) is 29.8 Å². The topological polar surface area (TPSA) is 61.8 Å². The van der Waals surface area contributed by atoms with E-state index in [0.29, 0.717) is 6.61 Å². The minimum atomic E-state index is -0.399. The van der Waals surface area contributed by atoms with Crippen LogP contribution in [-0.2, 0) is 25.7 Å². The number of unbranched alkanes of at least 4 members (excludes halogenated alkanes) is 10. The molecule has 5 heteroatoms. The summed E-state index contributed by atoms with van der Waals surface area (Å²) in [6, 6.07) is 7.35. The van der Waals surface area contributed by atoms with Crippen LogP contribution in [0.3, 0.4) is 0 Å². The molecule has 170 valence electrons. The molecule has 1 aromatic rings. The van der Waals surface area contributed by atoms with E-state index in [-0.39, 0.29) is 25.4 Å². The van der Waals surface area contributed by atoms with E-state index in [9.17, 15) is 9.59 Å². The second-order valence-electron chi connectivity index (χ2n) is 7.77. The van der Waals surface area contributed by atoms with Crippen LogP contribution < -0.4 is 4.74 Å². The van der Waals surface area contributed by atoms with E-state index in [1.54, 1.807) is 7.11 Å². The van der Waals surface area contributed by atoms with E-state index >= 15 is 0 Å². The van der Waals surface area contributed by atoms with Crippen LogP contribution in [0.1, 0.15) is 96.0 Å². The number of methoxy groups -OCH3 is 1. The Balaban J connectivity index is 1.93. The highest BCUT2D eigenvalue weighted by atomic mass is 16.5. The lowest BCUT2D eigenvalue weighted by molar-refractivity contribution is -0.151. The number of rotatable bonds is 18. The van der Waals surface area contributed by atoms with Gasteiger partial charge in [-0.05, 0) is 24.1 Å². The summed E-state index contributed by atoms with van der Waals surface area (Å²) in [4.78, 5) is 23.5. The van der Waals surface area contributed by atoms with Gasteiger partial charge in [-0.25, -0.2) is 0 Å². The van der Waals surface area contributed by atoms with Gasteiger partial charge in [-0.15, -0.1) is 0 Å². The summed E-state index contributed by atoms with van der Waals surface area (Å²) in [6.45, 7) is 2.86. The van der Waals surface area contributed by atoms with E-state index in [0.717, 1.165) is 24.2 Å². The number of carbonyl (C=O) groups excluding carboxylic acids is 2. The molecule has 0 saturated heterocycles. The first kappa shape index (κ1) is 26.0. The first-order chi connectivity index (χ1) is 14.7. The third kappa shape index (κ3) is 14.0. The molecule has 30 heavy (non-hydrogen) atoms. The van der Waals surface area contributed by atoms with Crippen molar-refractivity contribution < 1.29 is 23.8 Å². The van der Waals surface area contributed by atoms with Crippen molar-refractivity contribution >= 4 is 11.9 Å². The average molecular weight is 421 g/mol. The highest BCUT2D eigenvalue weighted by molar-refractivity contribution is 5.77. The monoisotopic (exact) mass is 420 g/mol. The molecule has 1 aromatic carbocycles. The van der Waals surface area contributed by atoms with Crippen molar-refractivity contribution in [3.63, 3.8) is 0 Å². The molecule has 0 aliphatic rings. The minimum absolute atomic E-state index is 0.0427. The molecule has 0 amide bonds. The molecule has 0 aliphatic carbocycles. The van der Waals surface area contributed by atoms with Gasteiger partial charge in [0.05, 0.1) is 26.6 Å². The highest BCUT2D eigenvalue weighted by Gasteiger charge is 2.09. The van der Waals surface area contributed by atoms with Gasteiger partial charge in [0, 0.05) is 0 Å². The maximum Gasteiger partial charge on any atom is 0.306 e. The maximum atomic E-state index is 11.8. The Morgan fingerprint density at radius 3 is 1.93 bits per heavy atom. The van der Waals surface area contributed by atoms with Crippen LogP contribution in [0.2, 0.25) is 0 Å². The number of hydrogen-bond donors (Lipinski definition) is 0. The first-order valence-electron chi connectivity index (χ1n) is 11.6. The molecule has 0 atom stereocenters. The Bertz CT molecular complexity index is 585. The van der Waals surface area contributed by atoms with Gasteiger partial charge in [0.1, 0.15) is 12.4 Å². The van der Waals surface area contributed by atoms with Gasteiger partial charge < -0.3 is 14.2 Å². The zero-order valence-corrected chi connectivity index (χ0v) is 19.0. The molecule has 0 radical (unpaired) electrons. The number of carbonyl (C=O) groups is 2. The predicted molar refractivity (Wildman–Crippen MR) is 119 cm³/mol. The average Bonchev–Trinajstić information content (AvgIpc) is 2.77. The molecule has 0 fully saturated rings. The van der Waals surface area contributed by atoms with E-state index in [4.69, 9.17) is 14.2 Å². The highest BCUT2D eigenvalue weighted by Crippen LogP contribution is 2.14. The first-order valence-corrected chi connectivity index (χ1v) is 11.6. The van der Waals surface area contributed by atoms with E-state index in [1.165, 1.54) is 57.8 Å². The fraction of sp³-hybridized carbons (Fsp3) is 0.680. The van der Waals surface area contributed by atoms with E-state index in [1.807, 2.05) is 24.3 Å². The van der Waals surface area contributed by atoms with Crippen LogP contribution >= 0.6 is 0 Å². The second kappa shape index (κ2) is 17.8. The Morgan fingerprint density at radius 2 is 1.33 bits per heavy atom. The van der Waals surface area contributed by atoms with Crippen LogP contribution in [0.15, 0.2) is 24.3 Å². The second-order valence-corrected chi connectivity index (χ2v) is 7.77. The van der Waals surface area contributed by atoms with Gasteiger partial charge in [0.25, 0.3) is 0 Å². The third-order valence-corrected chi connectivity index (χ3v) is 5.08. The summed E-state index contributed by atoms with van der Waals surface area (Å²) in [5, 5.41) is 0. The summed E-state index contributed by atoms with van der Waals surface area (Å²) >= 11 is 0. The summed E-state index contributed by atoms with van der Waals surface area (Å²) < 4.78 is 15.5. The fourth-order valence-electron chi connectivity index (χ4n) is 3.23. The molecule has 0 spiro atoms. The number of ether oxygens (including phenoxy) is 3. The molecule has 0 unspecified atom stereocenters. The molecule has 0 N–H and O–H groups in total. The molecule has 0 aliphatic heterocycles. The Labute approximate surface area is 182 Å². The van der Waals surface area contributed by atoms with Crippen molar-refractivity contribution in [1.82, 2.24) is 0 Å². The van der Waals surface area contributed by atoms with Crippen LogP contribution in [-0.4, -0.2) is 25.7 Å². The van der Waals surface area contributed by atoms with Crippen molar-refractivity contribution in [3.8, 4) is 5.75 Å². The van der Waals surface area contributed by atoms with Crippen LogP contribution in [0.4, 0.5) is 0 Å². The fourth-order valence-corrected chi connectivity index (χ4v) is 3.23. The molecule has 0 saturated carbocycles. The van der Waals surface area contributed by atoms with Crippen molar-refractivity contribution in [1.29, 1.82) is 0 Å². The summed E-state index contributed by atoms with van der Waals surface area (Å²) in [6.07, 6.45) is 14.0. The van der Waals surface area contributed by atoms with Crippen molar-refractivity contribution in [2.24, 2.45) is 0 Å². The normalized spacial score (nSPS) is 10.6. The summed E-state index contributed by atoms with van der Waals surface area (Å²) in [7, 11) is 1.59. The molecule has 0 aromatic heterocycles. The summed E-state index contributed by atoms with van der Waals surface area (Å²) in [5.41, 5.74) is 0.849. The third-order valence-electron chi connectivity index (χ3n) is 5.08. The molecule has 0 heterocycles. The lowest BCUT2D eigenvalue weighted by atomic mass is 10.1. The van der Waals surface area contributed by atoms with Crippen LogP contribution in [0, 0.1) is 0 Å². The van der Waals surface area contributed by atoms with E-state index in [2.05, 4.69) is 6.92 Å². The van der Waals surface area contributed by atoms with E-state index < -0.39 is 5.97 Å². The lowest BCUT2D eigenvalue weighted by Gasteiger charge is -2.07. The van der Waals surface area contributed by atoms with Gasteiger partial charge in [-0.2, -0.15) is 0 Å². The largest absolute Gasteiger partial charge is 0.497 e. The zero-order valence-electron chi connectivity index (χ0n) is 19.0. The van der Waals surface area contributed by atoms with Crippen molar-refractivity contribution in [2.45, 2.75) is 97.0 Å². The van der Waals surface area contributed by atoms with Gasteiger partial charge in [0.15, 0.2) is 0 Å². The van der Waals surface area contributed by atoms with Gasteiger partial charge in [-0.3, -0.25) is 9.59 Å². The molecular weight excluding hydrogens is 380 g/mol. The van der Waals surface area contributed by atoms with Crippen LogP contribution in [0.25, 0.3) is 0 Å². The van der Waals surface area contributed by atoms with Crippen LogP contribution in [0.5, 0.6) is 5.75 Å². The number of hydrogen-bond acceptors (Lipinski definition) is 5. The molecular formula is C25H40O5. The molecule has 5 nitrogen and oxygen atoms in total. The van der Waals surface area contributed by atoms with Gasteiger partial charge in [0.2, 0.25) is 0 Å². The van der Waals surface area contributed by atoms with Gasteiger partial charge >= 0.3 is 11.9 Å².